The number of aryl methyl sites for hydroxylation is 1. The second kappa shape index (κ2) is 5.74. The number of benzene rings is 2. The van der Waals surface area contributed by atoms with Crippen LogP contribution in [0, 0.1) is 6.92 Å². The molecule has 110 valence electrons. The maximum atomic E-state index is 11.5. The average molecular weight is 284 g/mol. The number of aliphatic hydroxyl groups is 1. The van der Waals surface area contributed by atoms with Crippen molar-refractivity contribution in [3.05, 3.63) is 42.0 Å². The van der Waals surface area contributed by atoms with Crippen LogP contribution in [0.3, 0.4) is 0 Å². The number of hydrogen-bond donors (Lipinski definition) is 1. The van der Waals surface area contributed by atoms with Gasteiger partial charge in [-0.1, -0.05) is 29.8 Å². The van der Waals surface area contributed by atoms with Crippen molar-refractivity contribution in [2.75, 3.05) is 37.7 Å². The zero-order valence-electron chi connectivity index (χ0n) is 12.2. The Morgan fingerprint density at radius 2 is 1.71 bits per heavy atom. The number of aliphatic hydroxyl groups excluding tert-OH is 1. The van der Waals surface area contributed by atoms with Gasteiger partial charge in [-0.3, -0.25) is 4.79 Å². The predicted molar refractivity (Wildman–Crippen MR) is 84.6 cm³/mol. The van der Waals surface area contributed by atoms with E-state index < -0.39 is 6.61 Å². The number of anilines is 1. The van der Waals surface area contributed by atoms with Crippen molar-refractivity contribution in [1.29, 1.82) is 0 Å². The first-order valence-electron chi connectivity index (χ1n) is 7.31. The second-order valence-corrected chi connectivity index (χ2v) is 5.56. The van der Waals surface area contributed by atoms with Crippen LogP contribution in [-0.4, -0.2) is 48.7 Å². The molecular formula is C17H20N2O2. The first kappa shape index (κ1) is 13.9. The summed E-state index contributed by atoms with van der Waals surface area (Å²) < 4.78 is 0. The Bertz CT molecular complexity index is 661. The van der Waals surface area contributed by atoms with Gasteiger partial charge in [-0.25, -0.2) is 0 Å². The summed E-state index contributed by atoms with van der Waals surface area (Å²) >= 11 is 0. The van der Waals surface area contributed by atoms with Gasteiger partial charge in [0.25, 0.3) is 0 Å². The molecule has 1 saturated heterocycles. The number of hydrogen-bond acceptors (Lipinski definition) is 3. The van der Waals surface area contributed by atoms with Gasteiger partial charge in [0.2, 0.25) is 5.91 Å². The Balaban J connectivity index is 1.76. The van der Waals surface area contributed by atoms with E-state index in [0.717, 1.165) is 13.1 Å². The molecule has 4 nitrogen and oxygen atoms in total. The number of nitrogens with zero attached hydrogens (tertiary/aromatic N) is 2. The molecule has 1 fully saturated rings. The van der Waals surface area contributed by atoms with Crippen molar-refractivity contribution in [1.82, 2.24) is 4.90 Å². The molecule has 21 heavy (non-hydrogen) atoms. The highest BCUT2D eigenvalue weighted by atomic mass is 16.3. The summed E-state index contributed by atoms with van der Waals surface area (Å²) in [4.78, 5) is 15.5. The number of amides is 1. The van der Waals surface area contributed by atoms with Gasteiger partial charge in [0.1, 0.15) is 6.61 Å². The van der Waals surface area contributed by atoms with Gasteiger partial charge in [0.05, 0.1) is 0 Å². The van der Waals surface area contributed by atoms with E-state index >= 15 is 0 Å². The average Bonchev–Trinajstić information content (AvgIpc) is 2.53. The van der Waals surface area contributed by atoms with Crippen molar-refractivity contribution in [2.24, 2.45) is 0 Å². The third kappa shape index (κ3) is 2.85. The van der Waals surface area contributed by atoms with Crippen molar-refractivity contribution < 1.29 is 9.90 Å². The van der Waals surface area contributed by atoms with Gasteiger partial charge in [-0.2, -0.15) is 0 Å². The Morgan fingerprint density at radius 3 is 2.43 bits per heavy atom. The van der Waals surface area contributed by atoms with E-state index in [2.05, 4.69) is 48.2 Å². The van der Waals surface area contributed by atoms with Crippen molar-refractivity contribution in [3.8, 4) is 0 Å². The number of carbonyl (C=O) groups excluding carboxylic acids is 1. The van der Waals surface area contributed by atoms with Crippen LogP contribution >= 0.6 is 0 Å². The van der Waals surface area contributed by atoms with Gasteiger partial charge in [0, 0.05) is 31.9 Å². The van der Waals surface area contributed by atoms with Gasteiger partial charge < -0.3 is 14.9 Å². The van der Waals surface area contributed by atoms with E-state index in [0.29, 0.717) is 13.1 Å². The van der Waals surface area contributed by atoms with Crippen LogP contribution in [0.25, 0.3) is 10.8 Å². The molecule has 2 aromatic rings. The fourth-order valence-electron chi connectivity index (χ4n) is 2.86. The lowest BCUT2D eigenvalue weighted by Crippen LogP contribution is -2.49. The smallest absolute Gasteiger partial charge is 0.248 e. The lowest BCUT2D eigenvalue weighted by atomic mass is 10.1. The summed E-state index contributed by atoms with van der Waals surface area (Å²) in [5.41, 5.74) is 2.47. The summed E-state index contributed by atoms with van der Waals surface area (Å²) in [5, 5.41) is 11.4. The van der Waals surface area contributed by atoms with Crippen LogP contribution in [-0.2, 0) is 4.79 Å². The Hall–Kier alpha value is -2.07. The maximum Gasteiger partial charge on any atom is 0.248 e. The second-order valence-electron chi connectivity index (χ2n) is 5.56. The molecule has 0 aliphatic carbocycles. The van der Waals surface area contributed by atoms with Crippen LogP contribution in [0.5, 0.6) is 0 Å². The summed E-state index contributed by atoms with van der Waals surface area (Å²) in [6, 6.07) is 13.0. The minimum absolute atomic E-state index is 0.177. The van der Waals surface area contributed by atoms with E-state index in [9.17, 15) is 4.79 Å². The molecule has 0 aromatic heterocycles. The Labute approximate surface area is 124 Å². The quantitative estimate of drug-likeness (QED) is 0.914. The molecule has 0 bridgehead atoms. The molecule has 1 aliphatic heterocycles. The SMILES string of the molecule is Cc1ccc2cc(N3CCN(C(=O)CO)CC3)ccc2c1. The Kier molecular flexibility index (Phi) is 3.80. The minimum atomic E-state index is -0.394. The minimum Gasteiger partial charge on any atom is -0.387 e. The molecular weight excluding hydrogens is 264 g/mol. The van der Waals surface area contributed by atoms with E-state index in [1.54, 1.807) is 4.90 Å². The zero-order chi connectivity index (χ0) is 14.8. The summed E-state index contributed by atoms with van der Waals surface area (Å²) in [7, 11) is 0. The molecule has 0 saturated carbocycles. The van der Waals surface area contributed by atoms with Crippen LogP contribution in [0.15, 0.2) is 36.4 Å². The van der Waals surface area contributed by atoms with Gasteiger partial charge in [0.15, 0.2) is 0 Å². The van der Waals surface area contributed by atoms with E-state index in [-0.39, 0.29) is 5.91 Å². The van der Waals surface area contributed by atoms with Crippen molar-refractivity contribution in [2.45, 2.75) is 6.92 Å². The molecule has 1 amide bonds. The molecule has 0 radical (unpaired) electrons. The molecule has 0 unspecified atom stereocenters. The summed E-state index contributed by atoms with van der Waals surface area (Å²) in [6.45, 7) is 4.67. The van der Waals surface area contributed by atoms with E-state index in [1.165, 1.54) is 22.0 Å². The molecule has 4 heteroatoms. The van der Waals surface area contributed by atoms with E-state index in [1.807, 2.05) is 0 Å². The molecule has 1 heterocycles. The number of carbonyl (C=O) groups is 1. The lowest BCUT2D eigenvalue weighted by molar-refractivity contribution is -0.134. The van der Waals surface area contributed by atoms with Crippen molar-refractivity contribution in [3.63, 3.8) is 0 Å². The largest absolute Gasteiger partial charge is 0.387 e. The molecule has 3 rings (SSSR count). The molecule has 2 aromatic carbocycles. The molecule has 0 spiro atoms. The highest BCUT2D eigenvalue weighted by Crippen LogP contribution is 2.24. The first-order valence-corrected chi connectivity index (χ1v) is 7.31. The Morgan fingerprint density at radius 1 is 1.05 bits per heavy atom. The standard InChI is InChI=1S/C17H20N2O2/c1-13-2-3-15-11-16(5-4-14(15)10-13)18-6-8-19(9-7-18)17(21)12-20/h2-5,10-11,20H,6-9,12H2,1H3. The lowest BCUT2D eigenvalue weighted by Gasteiger charge is -2.36. The van der Waals surface area contributed by atoms with Crippen LogP contribution in [0.1, 0.15) is 5.56 Å². The van der Waals surface area contributed by atoms with Crippen LogP contribution in [0.4, 0.5) is 5.69 Å². The van der Waals surface area contributed by atoms with Gasteiger partial charge >= 0.3 is 0 Å². The third-order valence-corrected chi connectivity index (χ3v) is 4.11. The molecule has 1 aliphatic rings. The maximum absolute atomic E-state index is 11.5. The van der Waals surface area contributed by atoms with E-state index in [4.69, 9.17) is 5.11 Å². The number of fused-ring (bicyclic) bond motifs is 1. The molecule has 0 atom stereocenters. The summed E-state index contributed by atoms with van der Waals surface area (Å²) in [5.74, 6) is -0.177. The normalized spacial score (nSPS) is 15.5. The fraction of sp³-hybridized carbons (Fsp3) is 0.353. The van der Waals surface area contributed by atoms with Gasteiger partial charge in [-0.05, 0) is 29.8 Å². The topological polar surface area (TPSA) is 43.8 Å². The van der Waals surface area contributed by atoms with Gasteiger partial charge in [-0.15, -0.1) is 0 Å². The fourth-order valence-corrected chi connectivity index (χ4v) is 2.86. The highest BCUT2D eigenvalue weighted by Gasteiger charge is 2.20. The zero-order valence-corrected chi connectivity index (χ0v) is 12.2. The van der Waals surface area contributed by atoms with Crippen LogP contribution < -0.4 is 4.90 Å². The predicted octanol–water partition coefficient (Wildman–Crippen LogP) is 1.79. The highest BCUT2D eigenvalue weighted by molar-refractivity contribution is 5.86. The summed E-state index contributed by atoms with van der Waals surface area (Å²) in [6.07, 6.45) is 0. The first-order chi connectivity index (χ1) is 10.2. The number of piperazine rings is 1. The monoisotopic (exact) mass is 284 g/mol. The third-order valence-electron chi connectivity index (χ3n) is 4.11. The van der Waals surface area contributed by atoms with Crippen molar-refractivity contribution >= 4 is 22.4 Å². The number of rotatable bonds is 2. The molecule has 1 N–H and O–H groups in total. The van der Waals surface area contributed by atoms with Crippen LogP contribution in [0.2, 0.25) is 0 Å².